The summed E-state index contributed by atoms with van der Waals surface area (Å²) in [5, 5.41) is 7.99. The topological polar surface area (TPSA) is 185 Å². The number of carbonyl (C=O) groups excluding carboxylic acids is 6. The average Bonchev–Trinajstić information content (AvgIpc) is 3.71. The predicted molar refractivity (Wildman–Crippen MR) is 242 cm³/mol. The number of ether oxygens (including phenoxy) is 4. The number of amides is 6. The van der Waals surface area contributed by atoms with E-state index in [-0.39, 0.29) is 55.2 Å². The number of likely N-dealkylation sites (tertiary alicyclic amines) is 1. The Balaban J connectivity index is 0.00000327. The molecule has 16 nitrogen and oxygen atoms in total. The maximum absolute atomic E-state index is 13.9. The summed E-state index contributed by atoms with van der Waals surface area (Å²) in [4.78, 5) is 81.8. The first-order valence-electron chi connectivity index (χ1n) is 22.1. The molecule has 3 N–H and O–H groups in total. The highest BCUT2D eigenvalue weighted by molar-refractivity contribution is 5.85. The van der Waals surface area contributed by atoms with E-state index < -0.39 is 47.9 Å². The maximum atomic E-state index is 13.9. The Morgan fingerprint density at radius 3 is 1.98 bits per heavy atom. The largest absolute Gasteiger partial charge is 0.468 e. The highest BCUT2D eigenvalue weighted by atomic mass is 16.6. The standard InChI is InChI=1S/C36H66N6O10.C7H8.C3H8/c1-13-24(4)31(40(9)29(44)21-39-34(47)41(23(2)3)19-15-17-37-35(48)52-36(6,7)8)27(49-10)20-28(43)42-18-14-16-26(42)32(51-12)25(5)33(46)38-22-30(45)50-11;1-7-5-3-2-4-6-7;1-3-2/h23-27,31-32H,13-22H2,1-12H3,(H,37,48)(H,38,46)(H,39,47);2-6H,1H3;3H2,1-2H3. The van der Waals surface area contributed by atoms with Gasteiger partial charge in [0.15, 0.2) is 0 Å². The molecule has 1 aliphatic heterocycles. The van der Waals surface area contributed by atoms with Gasteiger partial charge in [-0.25, -0.2) is 9.59 Å². The third-order valence-electron chi connectivity index (χ3n) is 10.4. The number of methoxy groups -OCH3 is 3. The normalized spacial score (nSPS) is 15.8. The molecule has 1 aromatic rings. The molecule has 356 valence electrons. The van der Waals surface area contributed by atoms with Crippen molar-refractivity contribution in [1.29, 1.82) is 0 Å². The molecule has 0 radical (unpaired) electrons. The van der Waals surface area contributed by atoms with Crippen molar-refractivity contribution in [1.82, 2.24) is 30.7 Å². The van der Waals surface area contributed by atoms with Crippen LogP contribution in [-0.4, -0.2) is 148 Å². The fourth-order valence-corrected chi connectivity index (χ4v) is 6.98. The summed E-state index contributed by atoms with van der Waals surface area (Å²) in [5.41, 5.74) is 0.710. The van der Waals surface area contributed by atoms with Crippen LogP contribution in [0.15, 0.2) is 30.3 Å². The third kappa shape index (κ3) is 21.6. The minimum atomic E-state index is -0.654. The molecular formula is C46H82N6O10. The Labute approximate surface area is 372 Å². The zero-order chi connectivity index (χ0) is 47.6. The molecule has 6 unspecified atom stereocenters. The van der Waals surface area contributed by atoms with Gasteiger partial charge in [0, 0.05) is 46.9 Å². The van der Waals surface area contributed by atoms with Gasteiger partial charge in [-0.3, -0.25) is 19.2 Å². The molecule has 0 aliphatic carbocycles. The third-order valence-corrected chi connectivity index (χ3v) is 10.4. The van der Waals surface area contributed by atoms with E-state index in [1.54, 1.807) is 49.4 Å². The van der Waals surface area contributed by atoms with Crippen molar-refractivity contribution in [3.05, 3.63) is 35.9 Å². The second-order valence-electron chi connectivity index (χ2n) is 17.0. The second kappa shape index (κ2) is 30.6. The Hall–Kier alpha value is -4.44. The molecular weight excluding hydrogens is 797 g/mol. The van der Waals surface area contributed by atoms with E-state index in [1.165, 1.54) is 33.3 Å². The van der Waals surface area contributed by atoms with Crippen molar-refractivity contribution in [3.8, 4) is 0 Å². The van der Waals surface area contributed by atoms with E-state index in [0.717, 1.165) is 6.42 Å². The molecule has 1 fully saturated rings. The smallest absolute Gasteiger partial charge is 0.407 e. The van der Waals surface area contributed by atoms with Crippen molar-refractivity contribution in [2.45, 2.75) is 151 Å². The number of aryl methyl sites for hydroxylation is 1. The Bertz CT molecular complexity index is 1470. The molecule has 0 saturated carbocycles. The van der Waals surface area contributed by atoms with E-state index in [0.29, 0.717) is 38.9 Å². The number of esters is 1. The summed E-state index contributed by atoms with van der Waals surface area (Å²) in [7, 11) is 5.90. The van der Waals surface area contributed by atoms with Crippen molar-refractivity contribution in [3.63, 3.8) is 0 Å². The number of alkyl carbamates (subject to hydrolysis) is 1. The number of nitrogens with one attached hydrogen (secondary N) is 3. The van der Waals surface area contributed by atoms with Gasteiger partial charge in [-0.15, -0.1) is 0 Å². The van der Waals surface area contributed by atoms with Crippen LogP contribution in [0.25, 0.3) is 0 Å². The Morgan fingerprint density at radius 2 is 1.50 bits per heavy atom. The molecule has 1 aromatic carbocycles. The van der Waals surface area contributed by atoms with Gasteiger partial charge in [0.2, 0.25) is 17.7 Å². The molecule has 62 heavy (non-hydrogen) atoms. The lowest BCUT2D eigenvalue weighted by Gasteiger charge is -2.39. The van der Waals surface area contributed by atoms with Gasteiger partial charge in [-0.2, -0.15) is 0 Å². The average molecular weight is 879 g/mol. The number of benzene rings is 1. The minimum absolute atomic E-state index is 0.0101. The van der Waals surface area contributed by atoms with Crippen LogP contribution in [0, 0.1) is 18.8 Å². The predicted octanol–water partition coefficient (Wildman–Crippen LogP) is 5.94. The molecule has 0 spiro atoms. The number of likely N-dealkylation sites (N-methyl/N-ethyl adjacent to an activating group) is 1. The van der Waals surface area contributed by atoms with Crippen molar-refractivity contribution < 1.29 is 47.7 Å². The van der Waals surface area contributed by atoms with Gasteiger partial charge < -0.3 is 49.6 Å². The van der Waals surface area contributed by atoms with Crippen LogP contribution in [0.1, 0.15) is 113 Å². The van der Waals surface area contributed by atoms with Crippen molar-refractivity contribution in [2.75, 3.05) is 61.1 Å². The Morgan fingerprint density at radius 1 is 0.887 bits per heavy atom. The van der Waals surface area contributed by atoms with Crippen molar-refractivity contribution >= 4 is 35.8 Å². The SMILES string of the molecule is CCC.CCC(C)C(C(CC(=O)N1CCCC1C(OC)C(C)C(=O)NCC(=O)OC)OC)N(C)C(=O)CNC(=O)N(CCCNC(=O)OC(C)(C)C)C(C)C.Cc1ccccc1. The van der Waals surface area contributed by atoms with E-state index in [4.69, 9.17) is 14.2 Å². The molecule has 16 heteroatoms. The minimum Gasteiger partial charge on any atom is -0.468 e. The fraction of sp³-hybridized carbons (Fsp3) is 0.739. The Kier molecular flexibility index (Phi) is 28.4. The second-order valence-corrected chi connectivity index (χ2v) is 17.0. The highest BCUT2D eigenvalue weighted by Gasteiger charge is 2.42. The lowest BCUT2D eigenvalue weighted by Crippen LogP contribution is -2.55. The zero-order valence-electron chi connectivity index (χ0n) is 40.6. The molecule has 1 aliphatic rings. The van der Waals surface area contributed by atoms with Crippen LogP contribution in [0.4, 0.5) is 9.59 Å². The molecule has 6 atom stereocenters. The molecule has 1 heterocycles. The van der Waals surface area contributed by atoms with Crippen LogP contribution in [-0.2, 0) is 38.1 Å². The molecule has 2 rings (SSSR count). The lowest BCUT2D eigenvalue weighted by atomic mass is 9.90. The molecule has 0 bridgehead atoms. The summed E-state index contributed by atoms with van der Waals surface area (Å²) >= 11 is 0. The number of rotatable bonds is 20. The van der Waals surface area contributed by atoms with Gasteiger partial charge in [-0.1, -0.05) is 83.4 Å². The van der Waals surface area contributed by atoms with Gasteiger partial charge in [0.05, 0.1) is 50.3 Å². The number of hydrogen-bond acceptors (Lipinski definition) is 10. The van der Waals surface area contributed by atoms with Crippen molar-refractivity contribution in [2.24, 2.45) is 11.8 Å². The summed E-state index contributed by atoms with van der Waals surface area (Å²) in [5.74, 6) is -2.19. The molecule has 6 amide bonds. The fourth-order valence-electron chi connectivity index (χ4n) is 6.98. The summed E-state index contributed by atoms with van der Waals surface area (Å²) in [6, 6.07) is 8.84. The van der Waals surface area contributed by atoms with Crippen LogP contribution >= 0.6 is 0 Å². The first-order chi connectivity index (χ1) is 29.1. The zero-order valence-corrected chi connectivity index (χ0v) is 40.6. The number of carbonyl (C=O) groups is 6. The van der Waals surface area contributed by atoms with Crippen LogP contribution in [0.2, 0.25) is 0 Å². The first kappa shape index (κ1) is 57.6. The summed E-state index contributed by atoms with van der Waals surface area (Å²) in [6.45, 7) is 21.7. The number of nitrogens with zero attached hydrogens (tertiary/aromatic N) is 3. The summed E-state index contributed by atoms with van der Waals surface area (Å²) in [6.07, 6.45) is 2.00. The quantitative estimate of drug-likeness (QED) is 0.105. The van der Waals surface area contributed by atoms with Gasteiger partial charge in [-0.05, 0) is 66.7 Å². The monoisotopic (exact) mass is 879 g/mol. The molecule has 0 aromatic heterocycles. The number of hydrogen-bond donors (Lipinski definition) is 3. The lowest BCUT2D eigenvalue weighted by molar-refractivity contribution is -0.146. The first-order valence-corrected chi connectivity index (χ1v) is 22.1. The highest BCUT2D eigenvalue weighted by Crippen LogP contribution is 2.29. The van der Waals surface area contributed by atoms with Crippen LogP contribution in [0.3, 0.4) is 0 Å². The van der Waals surface area contributed by atoms with Gasteiger partial charge in [0.25, 0.3) is 0 Å². The van der Waals surface area contributed by atoms with Crippen LogP contribution < -0.4 is 16.0 Å². The van der Waals surface area contributed by atoms with Gasteiger partial charge in [0.1, 0.15) is 12.1 Å². The van der Waals surface area contributed by atoms with E-state index in [2.05, 4.69) is 53.6 Å². The molecule has 1 saturated heterocycles. The van der Waals surface area contributed by atoms with Crippen LogP contribution in [0.5, 0.6) is 0 Å². The van der Waals surface area contributed by atoms with E-state index in [1.807, 2.05) is 45.9 Å². The number of urea groups is 1. The van der Waals surface area contributed by atoms with E-state index >= 15 is 0 Å². The summed E-state index contributed by atoms with van der Waals surface area (Å²) < 4.78 is 21.5. The van der Waals surface area contributed by atoms with E-state index in [9.17, 15) is 28.8 Å². The maximum Gasteiger partial charge on any atom is 0.407 e. The van der Waals surface area contributed by atoms with Gasteiger partial charge >= 0.3 is 18.1 Å².